The van der Waals surface area contributed by atoms with Crippen LogP contribution >= 0.6 is 34.8 Å². The molecule has 0 aliphatic carbocycles. The van der Waals surface area contributed by atoms with Gasteiger partial charge < -0.3 is 0 Å². The van der Waals surface area contributed by atoms with Crippen molar-refractivity contribution < 1.29 is 9.59 Å². The maximum absolute atomic E-state index is 11.5. The van der Waals surface area contributed by atoms with Crippen molar-refractivity contribution in [2.24, 2.45) is 0 Å². The summed E-state index contributed by atoms with van der Waals surface area (Å²) in [6, 6.07) is 0. The Kier molecular flexibility index (Phi) is 3.06. The first-order chi connectivity index (χ1) is 7.52. The molecule has 0 saturated carbocycles. The summed E-state index contributed by atoms with van der Waals surface area (Å²) in [4.78, 5) is 27.7. The predicted molar refractivity (Wildman–Crippen MR) is 61.0 cm³/mol. The lowest BCUT2D eigenvalue weighted by molar-refractivity contribution is -0.121. The highest BCUT2D eigenvalue weighted by Crippen LogP contribution is 2.39. The highest BCUT2D eigenvalue weighted by molar-refractivity contribution is 6.47. The highest BCUT2D eigenvalue weighted by atomic mass is 35.5. The van der Waals surface area contributed by atoms with Crippen molar-refractivity contribution in [3.8, 4) is 0 Å². The van der Waals surface area contributed by atoms with Gasteiger partial charge in [-0.05, 0) is 0 Å². The maximum atomic E-state index is 11.5. The Hall–Kier alpha value is -0.840. The molecule has 16 heavy (non-hydrogen) atoms. The zero-order chi connectivity index (χ0) is 11.9. The lowest BCUT2D eigenvalue weighted by Gasteiger charge is -2.17. The minimum Gasteiger partial charge on any atom is -0.274 e. The Morgan fingerprint density at radius 2 is 1.69 bits per heavy atom. The van der Waals surface area contributed by atoms with Crippen LogP contribution in [0.1, 0.15) is 12.8 Å². The second-order valence-corrected chi connectivity index (χ2v) is 4.33. The van der Waals surface area contributed by atoms with Gasteiger partial charge in [-0.2, -0.15) is 0 Å². The summed E-state index contributed by atoms with van der Waals surface area (Å²) in [7, 11) is 0. The molecule has 84 valence electrons. The number of carbonyl (C=O) groups excluding carboxylic acids is 2. The van der Waals surface area contributed by atoms with E-state index in [2.05, 4.69) is 4.98 Å². The van der Waals surface area contributed by atoms with Gasteiger partial charge in [0.15, 0.2) is 0 Å². The summed E-state index contributed by atoms with van der Waals surface area (Å²) in [5.74, 6) is -0.674. The SMILES string of the molecule is O=C1CCC(=O)N1c1c(Cl)cnc(Cl)c1Cl. The molecule has 1 aromatic rings. The van der Waals surface area contributed by atoms with Crippen LogP contribution in [0.4, 0.5) is 5.69 Å². The monoisotopic (exact) mass is 278 g/mol. The molecule has 2 amide bonds. The summed E-state index contributed by atoms with van der Waals surface area (Å²) in [6.07, 6.45) is 1.57. The van der Waals surface area contributed by atoms with Crippen LogP contribution in [-0.4, -0.2) is 16.8 Å². The Bertz CT molecular complexity index is 474. The standard InChI is InChI=1S/C9H5Cl3N2O2/c10-4-3-13-9(12)7(11)8(4)14-5(15)1-2-6(14)16/h3H,1-2H2. The number of amides is 2. The third kappa shape index (κ3) is 1.77. The first-order valence-corrected chi connectivity index (χ1v) is 5.51. The zero-order valence-electron chi connectivity index (χ0n) is 7.84. The fraction of sp³-hybridized carbons (Fsp3) is 0.222. The molecule has 0 spiro atoms. The second-order valence-electron chi connectivity index (χ2n) is 3.18. The first kappa shape index (κ1) is 11.6. The summed E-state index contributed by atoms with van der Waals surface area (Å²) < 4.78 is 0. The summed E-state index contributed by atoms with van der Waals surface area (Å²) in [5, 5.41) is 0.143. The first-order valence-electron chi connectivity index (χ1n) is 4.37. The van der Waals surface area contributed by atoms with E-state index in [0.29, 0.717) is 0 Å². The van der Waals surface area contributed by atoms with Crippen molar-refractivity contribution in [1.82, 2.24) is 4.98 Å². The average molecular weight is 280 g/mol. The fourth-order valence-electron chi connectivity index (χ4n) is 1.46. The second kappa shape index (κ2) is 4.20. The van der Waals surface area contributed by atoms with Crippen LogP contribution in [0.2, 0.25) is 15.2 Å². The normalized spacial score (nSPS) is 16.1. The van der Waals surface area contributed by atoms with Crippen molar-refractivity contribution in [3.63, 3.8) is 0 Å². The number of hydrogen-bond donors (Lipinski definition) is 0. The van der Waals surface area contributed by atoms with Crippen molar-refractivity contribution >= 4 is 52.3 Å². The van der Waals surface area contributed by atoms with E-state index in [9.17, 15) is 9.59 Å². The average Bonchev–Trinajstić information content (AvgIpc) is 2.56. The largest absolute Gasteiger partial charge is 0.274 e. The van der Waals surface area contributed by atoms with Gasteiger partial charge in [0.05, 0.1) is 10.7 Å². The summed E-state index contributed by atoms with van der Waals surface area (Å²) in [5.41, 5.74) is 0.121. The van der Waals surface area contributed by atoms with Crippen LogP contribution in [0.15, 0.2) is 6.20 Å². The van der Waals surface area contributed by atoms with E-state index in [1.807, 2.05) is 0 Å². The van der Waals surface area contributed by atoms with Gasteiger partial charge in [0.2, 0.25) is 11.8 Å². The molecule has 0 aromatic carbocycles. The van der Waals surface area contributed by atoms with Gasteiger partial charge in [-0.25, -0.2) is 9.88 Å². The van der Waals surface area contributed by atoms with Gasteiger partial charge in [-0.3, -0.25) is 9.59 Å². The molecular formula is C9H5Cl3N2O2. The van der Waals surface area contributed by atoms with Gasteiger partial charge in [-0.15, -0.1) is 0 Å². The van der Waals surface area contributed by atoms with E-state index in [1.165, 1.54) is 6.20 Å². The smallest absolute Gasteiger partial charge is 0.234 e. The molecule has 0 bridgehead atoms. The number of halogens is 3. The Morgan fingerprint density at radius 3 is 2.25 bits per heavy atom. The van der Waals surface area contributed by atoms with Gasteiger partial charge in [0.1, 0.15) is 10.2 Å². The maximum Gasteiger partial charge on any atom is 0.234 e. The quantitative estimate of drug-likeness (QED) is 0.586. The molecule has 7 heteroatoms. The molecule has 4 nitrogen and oxygen atoms in total. The molecule has 1 aliphatic heterocycles. The van der Waals surface area contributed by atoms with E-state index in [-0.39, 0.29) is 45.5 Å². The third-order valence-corrected chi connectivity index (χ3v) is 3.20. The van der Waals surface area contributed by atoms with E-state index in [0.717, 1.165) is 4.90 Å². The predicted octanol–water partition coefficient (Wildman–Crippen LogP) is 2.70. The molecule has 2 rings (SSSR count). The van der Waals surface area contributed by atoms with Gasteiger partial charge >= 0.3 is 0 Å². The number of anilines is 1. The molecule has 1 aliphatic rings. The van der Waals surface area contributed by atoms with E-state index < -0.39 is 0 Å². The molecule has 0 unspecified atom stereocenters. The van der Waals surface area contributed by atoms with E-state index in [1.54, 1.807) is 0 Å². The fourth-order valence-corrected chi connectivity index (χ4v) is 2.11. The molecule has 1 aromatic heterocycles. The molecule has 2 heterocycles. The van der Waals surface area contributed by atoms with Crippen LogP contribution < -0.4 is 4.90 Å². The topological polar surface area (TPSA) is 50.3 Å². The van der Waals surface area contributed by atoms with Gasteiger partial charge in [-0.1, -0.05) is 34.8 Å². The number of nitrogens with zero attached hydrogens (tertiary/aromatic N) is 2. The number of pyridine rings is 1. The van der Waals surface area contributed by atoms with E-state index >= 15 is 0 Å². The van der Waals surface area contributed by atoms with Crippen LogP contribution in [-0.2, 0) is 9.59 Å². The van der Waals surface area contributed by atoms with Crippen LogP contribution in [0.25, 0.3) is 0 Å². The highest BCUT2D eigenvalue weighted by Gasteiger charge is 2.34. The number of rotatable bonds is 1. The molecule has 1 fully saturated rings. The van der Waals surface area contributed by atoms with Crippen molar-refractivity contribution in [2.45, 2.75) is 12.8 Å². The third-order valence-electron chi connectivity index (χ3n) is 2.18. The van der Waals surface area contributed by atoms with E-state index in [4.69, 9.17) is 34.8 Å². The van der Waals surface area contributed by atoms with Crippen LogP contribution in [0.3, 0.4) is 0 Å². The van der Waals surface area contributed by atoms with Crippen molar-refractivity contribution in [1.29, 1.82) is 0 Å². The van der Waals surface area contributed by atoms with Gasteiger partial charge in [0, 0.05) is 19.0 Å². The van der Waals surface area contributed by atoms with Crippen molar-refractivity contribution in [3.05, 3.63) is 21.4 Å². The number of hydrogen-bond acceptors (Lipinski definition) is 3. The molecule has 1 saturated heterocycles. The minimum absolute atomic E-state index is 0.00793. The van der Waals surface area contributed by atoms with Gasteiger partial charge in [0.25, 0.3) is 0 Å². The Morgan fingerprint density at radius 1 is 1.12 bits per heavy atom. The lowest BCUT2D eigenvalue weighted by atomic mass is 10.3. The Balaban J connectivity index is 2.59. The Labute approximate surface area is 106 Å². The number of aromatic nitrogens is 1. The summed E-state index contributed by atoms with van der Waals surface area (Å²) in [6.45, 7) is 0. The van der Waals surface area contributed by atoms with Crippen molar-refractivity contribution in [2.75, 3.05) is 4.90 Å². The molecule has 0 atom stereocenters. The minimum atomic E-state index is -0.337. The molecule has 0 radical (unpaired) electrons. The lowest BCUT2D eigenvalue weighted by Crippen LogP contribution is -2.29. The zero-order valence-corrected chi connectivity index (χ0v) is 10.1. The summed E-state index contributed by atoms with van der Waals surface area (Å²) >= 11 is 17.5. The number of carbonyl (C=O) groups is 2. The van der Waals surface area contributed by atoms with Crippen LogP contribution in [0, 0.1) is 0 Å². The number of imide groups is 1. The molecular weight excluding hydrogens is 274 g/mol. The van der Waals surface area contributed by atoms with Crippen LogP contribution in [0.5, 0.6) is 0 Å². The molecule has 0 N–H and O–H groups in total.